The molecule has 0 bridgehead atoms. The topological polar surface area (TPSA) is 53.7 Å². The molecule has 0 unspecified atom stereocenters. The minimum Gasteiger partial charge on any atom is -0.496 e. The third-order valence-electron chi connectivity index (χ3n) is 3.68. The number of ether oxygens (including phenoxy) is 3. The molecule has 0 atom stereocenters. The lowest BCUT2D eigenvalue weighted by Gasteiger charge is -2.39. The fraction of sp³-hybridized carbons (Fsp3) is 0.571. The lowest BCUT2D eigenvalue weighted by atomic mass is 9.72. The Morgan fingerprint density at radius 1 is 1.11 bits per heavy atom. The second-order valence-electron chi connectivity index (χ2n) is 4.81. The van der Waals surface area contributed by atoms with Gasteiger partial charge in [-0.25, -0.2) is 0 Å². The van der Waals surface area contributed by atoms with Gasteiger partial charge in [0.2, 0.25) is 0 Å². The van der Waals surface area contributed by atoms with Gasteiger partial charge in [0.15, 0.2) is 0 Å². The van der Waals surface area contributed by atoms with Crippen molar-refractivity contribution in [1.29, 1.82) is 0 Å². The van der Waals surface area contributed by atoms with Crippen LogP contribution in [0, 0.1) is 0 Å². The molecule has 0 heterocycles. The van der Waals surface area contributed by atoms with E-state index in [4.69, 9.17) is 19.9 Å². The van der Waals surface area contributed by atoms with Crippen LogP contribution in [-0.2, 0) is 16.9 Å². The second-order valence-corrected chi connectivity index (χ2v) is 4.81. The van der Waals surface area contributed by atoms with Crippen molar-refractivity contribution in [2.45, 2.75) is 31.4 Å². The Morgan fingerprint density at radius 3 is 2.22 bits per heavy atom. The molecule has 18 heavy (non-hydrogen) atoms. The first kappa shape index (κ1) is 13.2. The summed E-state index contributed by atoms with van der Waals surface area (Å²) < 4.78 is 16.0. The van der Waals surface area contributed by atoms with E-state index in [2.05, 4.69) is 6.07 Å². The van der Waals surface area contributed by atoms with Gasteiger partial charge in [0.1, 0.15) is 11.5 Å². The summed E-state index contributed by atoms with van der Waals surface area (Å²) in [5.41, 5.74) is 8.21. The molecule has 0 saturated heterocycles. The second kappa shape index (κ2) is 5.16. The molecule has 0 aromatic heterocycles. The van der Waals surface area contributed by atoms with E-state index >= 15 is 0 Å². The Hall–Kier alpha value is -1.26. The quantitative estimate of drug-likeness (QED) is 0.871. The molecule has 100 valence electrons. The Balaban J connectivity index is 2.46. The van der Waals surface area contributed by atoms with E-state index in [-0.39, 0.29) is 5.54 Å². The van der Waals surface area contributed by atoms with E-state index in [0.29, 0.717) is 6.61 Å². The van der Waals surface area contributed by atoms with Crippen LogP contribution in [0.4, 0.5) is 0 Å². The summed E-state index contributed by atoms with van der Waals surface area (Å²) in [5.74, 6) is 1.58. The van der Waals surface area contributed by atoms with Gasteiger partial charge >= 0.3 is 0 Å². The molecule has 4 heteroatoms. The van der Waals surface area contributed by atoms with Gasteiger partial charge in [0, 0.05) is 29.8 Å². The highest BCUT2D eigenvalue weighted by Gasteiger charge is 2.37. The van der Waals surface area contributed by atoms with Crippen molar-refractivity contribution in [1.82, 2.24) is 0 Å². The van der Waals surface area contributed by atoms with Crippen molar-refractivity contribution in [2.24, 2.45) is 5.73 Å². The molecule has 0 amide bonds. The van der Waals surface area contributed by atoms with Crippen LogP contribution in [0.15, 0.2) is 12.1 Å². The van der Waals surface area contributed by atoms with Gasteiger partial charge < -0.3 is 19.9 Å². The third kappa shape index (κ3) is 2.18. The number of benzene rings is 1. The largest absolute Gasteiger partial charge is 0.496 e. The summed E-state index contributed by atoms with van der Waals surface area (Å²) in [6, 6.07) is 3.96. The van der Waals surface area contributed by atoms with Crippen LogP contribution < -0.4 is 15.2 Å². The Kier molecular flexibility index (Phi) is 3.78. The number of hydrogen-bond donors (Lipinski definition) is 1. The van der Waals surface area contributed by atoms with E-state index < -0.39 is 0 Å². The van der Waals surface area contributed by atoms with Crippen molar-refractivity contribution in [3.05, 3.63) is 23.3 Å². The Bertz CT molecular complexity index is 427. The van der Waals surface area contributed by atoms with E-state index in [0.717, 1.165) is 35.5 Å². The molecular formula is C14H21NO3. The van der Waals surface area contributed by atoms with Crippen molar-refractivity contribution in [3.8, 4) is 11.5 Å². The van der Waals surface area contributed by atoms with Crippen LogP contribution in [-0.4, -0.2) is 21.3 Å². The summed E-state index contributed by atoms with van der Waals surface area (Å²) in [7, 11) is 4.98. The maximum absolute atomic E-state index is 6.40. The fourth-order valence-corrected chi connectivity index (χ4v) is 2.45. The van der Waals surface area contributed by atoms with Gasteiger partial charge in [0.25, 0.3) is 0 Å². The van der Waals surface area contributed by atoms with Crippen LogP contribution in [0.5, 0.6) is 11.5 Å². The van der Waals surface area contributed by atoms with E-state index in [1.807, 2.05) is 6.07 Å². The predicted octanol–water partition coefficient (Wildman–Crippen LogP) is 2.19. The first-order valence-electron chi connectivity index (χ1n) is 6.18. The van der Waals surface area contributed by atoms with Crippen LogP contribution in [0.3, 0.4) is 0 Å². The van der Waals surface area contributed by atoms with E-state index in [9.17, 15) is 0 Å². The maximum Gasteiger partial charge on any atom is 0.128 e. The van der Waals surface area contributed by atoms with Crippen molar-refractivity contribution in [2.75, 3.05) is 21.3 Å². The summed E-state index contributed by atoms with van der Waals surface area (Å²) in [4.78, 5) is 0. The lowest BCUT2D eigenvalue weighted by molar-refractivity contribution is 0.180. The van der Waals surface area contributed by atoms with Crippen LogP contribution in [0.25, 0.3) is 0 Å². The Morgan fingerprint density at radius 2 is 1.78 bits per heavy atom. The predicted molar refractivity (Wildman–Crippen MR) is 70.0 cm³/mol. The van der Waals surface area contributed by atoms with E-state index in [1.54, 1.807) is 21.3 Å². The summed E-state index contributed by atoms with van der Waals surface area (Å²) in [5, 5.41) is 0. The zero-order chi connectivity index (χ0) is 13.2. The van der Waals surface area contributed by atoms with Gasteiger partial charge in [-0.05, 0) is 25.3 Å². The first-order valence-corrected chi connectivity index (χ1v) is 6.18. The molecule has 4 nitrogen and oxygen atoms in total. The highest BCUT2D eigenvalue weighted by Crippen LogP contribution is 2.44. The third-order valence-corrected chi connectivity index (χ3v) is 3.68. The highest BCUT2D eigenvalue weighted by atomic mass is 16.5. The summed E-state index contributed by atoms with van der Waals surface area (Å²) in [6.45, 7) is 0.510. The molecule has 2 N–H and O–H groups in total. The van der Waals surface area contributed by atoms with Gasteiger partial charge in [-0.3, -0.25) is 0 Å². The van der Waals surface area contributed by atoms with Crippen LogP contribution >= 0.6 is 0 Å². The molecule has 1 aliphatic carbocycles. The molecule has 0 aliphatic heterocycles. The van der Waals surface area contributed by atoms with Gasteiger partial charge in [0.05, 0.1) is 20.8 Å². The molecule has 1 aromatic rings. The number of hydrogen-bond acceptors (Lipinski definition) is 4. The normalized spacial score (nSPS) is 17.1. The average Bonchev–Trinajstić information content (AvgIpc) is 2.36. The standard InChI is InChI=1S/C14H21NO3/c1-16-9-10-7-11(14(15)5-4-6-14)13(18-3)8-12(10)17-2/h7-8H,4-6,9,15H2,1-3H3. The summed E-state index contributed by atoms with van der Waals surface area (Å²) in [6.07, 6.45) is 3.18. The van der Waals surface area contributed by atoms with Crippen LogP contribution in [0.1, 0.15) is 30.4 Å². The van der Waals surface area contributed by atoms with Crippen molar-refractivity contribution < 1.29 is 14.2 Å². The number of methoxy groups -OCH3 is 3. The maximum atomic E-state index is 6.40. The molecule has 2 rings (SSSR count). The smallest absolute Gasteiger partial charge is 0.128 e. The monoisotopic (exact) mass is 251 g/mol. The highest BCUT2D eigenvalue weighted by molar-refractivity contribution is 5.50. The minimum absolute atomic E-state index is 0.250. The van der Waals surface area contributed by atoms with Crippen LogP contribution in [0.2, 0.25) is 0 Å². The lowest BCUT2D eigenvalue weighted by Crippen LogP contribution is -2.43. The minimum atomic E-state index is -0.250. The van der Waals surface area contributed by atoms with Gasteiger partial charge in [-0.2, -0.15) is 0 Å². The average molecular weight is 251 g/mol. The summed E-state index contributed by atoms with van der Waals surface area (Å²) >= 11 is 0. The first-order chi connectivity index (χ1) is 8.64. The van der Waals surface area contributed by atoms with Gasteiger partial charge in [-0.1, -0.05) is 0 Å². The molecule has 1 aliphatic rings. The fourth-order valence-electron chi connectivity index (χ4n) is 2.45. The zero-order valence-electron chi connectivity index (χ0n) is 11.3. The molecule has 0 radical (unpaired) electrons. The SMILES string of the molecule is COCc1cc(C2(N)CCC2)c(OC)cc1OC. The van der Waals surface area contributed by atoms with Crippen molar-refractivity contribution in [3.63, 3.8) is 0 Å². The molecular weight excluding hydrogens is 230 g/mol. The zero-order valence-corrected chi connectivity index (χ0v) is 11.3. The Labute approximate surface area is 108 Å². The number of nitrogens with two attached hydrogens (primary N) is 1. The molecule has 1 saturated carbocycles. The molecule has 1 aromatic carbocycles. The van der Waals surface area contributed by atoms with Gasteiger partial charge in [-0.15, -0.1) is 0 Å². The van der Waals surface area contributed by atoms with E-state index in [1.165, 1.54) is 6.42 Å². The molecule has 1 fully saturated rings. The molecule has 0 spiro atoms. The van der Waals surface area contributed by atoms with Crippen molar-refractivity contribution >= 4 is 0 Å². The number of rotatable bonds is 5.